The maximum absolute atomic E-state index is 10.3. The van der Waals surface area contributed by atoms with Crippen molar-refractivity contribution >= 4 is 34.0 Å². The van der Waals surface area contributed by atoms with E-state index in [1.54, 1.807) is 12.1 Å². The maximum Gasteiger partial charge on any atom is 0.293 e. The number of hydrogen-bond donors (Lipinski definition) is 1. The van der Waals surface area contributed by atoms with Crippen molar-refractivity contribution in [1.82, 2.24) is 0 Å². The number of nitro groups is 1. The second kappa shape index (κ2) is 3.04. The predicted octanol–water partition coefficient (Wildman–Crippen LogP) is 1.78. The summed E-state index contributed by atoms with van der Waals surface area (Å²) < 4.78 is 0.705. The van der Waals surface area contributed by atoms with Gasteiger partial charge in [-0.15, -0.1) is 0 Å². The van der Waals surface area contributed by atoms with Gasteiger partial charge < -0.3 is 5.73 Å². The van der Waals surface area contributed by atoms with Crippen LogP contribution < -0.4 is 5.73 Å². The number of nitro benzene ring substituents is 1. The second-order valence-corrected chi connectivity index (χ2v) is 3.09. The van der Waals surface area contributed by atoms with Gasteiger partial charge in [-0.2, -0.15) is 0 Å². The van der Waals surface area contributed by atoms with E-state index in [-0.39, 0.29) is 11.4 Å². The van der Waals surface area contributed by atoms with Crippen LogP contribution in [0.3, 0.4) is 0 Å². The molecule has 58 valence electrons. The van der Waals surface area contributed by atoms with Crippen molar-refractivity contribution in [3.05, 3.63) is 31.9 Å². The fraction of sp³-hybridized carbons (Fsp3) is 0. The van der Waals surface area contributed by atoms with Crippen LogP contribution in [0, 0.1) is 13.7 Å². The summed E-state index contributed by atoms with van der Waals surface area (Å²) in [6.07, 6.45) is 0. The number of benzene rings is 1. The molecule has 11 heavy (non-hydrogen) atoms. The highest BCUT2D eigenvalue weighted by Gasteiger charge is 2.11. The third kappa shape index (κ3) is 1.59. The number of rotatable bonds is 1. The van der Waals surface area contributed by atoms with Crippen LogP contribution in [0.25, 0.3) is 0 Å². The van der Waals surface area contributed by atoms with Gasteiger partial charge in [0.2, 0.25) is 0 Å². The first-order valence-corrected chi connectivity index (χ1v) is 3.89. The number of halogens is 1. The lowest BCUT2D eigenvalue weighted by Crippen LogP contribution is -1.96. The molecule has 0 aliphatic heterocycles. The summed E-state index contributed by atoms with van der Waals surface area (Å²) in [7, 11) is 0. The van der Waals surface area contributed by atoms with Crippen LogP contribution in [-0.2, 0) is 0 Å². The molecule has 0 bridgehead atoms. The molecule has 0 aromatic heterocycles. The van der Waals surface area contributed by atoms with Crippen LogP contribution in [0.15, 0.2) is 18.2 Å². The Labute approximate surface area is 76.7 Å². The van der Waals surface area contributed by atoms with E-state index in [1.807, 2.05) is 22.6 Å². The summed E-state index contributed by atoms with van der Waals surface area (Å²) in [6.45, 7) is 0. The molecule has 0 radical (unpaired) electrons. The van der Waals surface area contributed by atoms with Gasteiger partial charge in [-0.25, -0.2) is 0 Å². The molecule has 5 heteroatoms. The van der Waals surface area contributed by atoms with Gasteiger partial charge in [0, 0.05) is 9.64 Å². The number of nitrogens with zero attached hydrogens (tertiary/aromatic N) is 1. The summed E-state index contributed by atoms with van der Waals surface area (Å²) in [5.74, 6) is 0. The minimum absolute atomic E-state index is 0.0306. The first-order valence-electron chi connectivity index (χ1n) is 2.81. The third-order valence-electron chi connectivity index (χ3n) is 1.23. The molecule has 0 saturated heterocycles. The average molecular weight is 264 g/mol. The Balaban J connectivity index is 3.27. The van der Waals surface area contributed by atoms with Crippen LogP contribution in [0.5, 0.6) is 0 Å². The molecule has 2 N–H and O–H groups in total. The SMILES string of the molecule is Nc1c(I)cccc1[N+](=O)[O-]. The predicted molar refractivity (Wildman–Crippen MR) is 50.2 cm³/mol. The first-order chi connectivity index (χ1) is 5.13. The topological polar surface area (TPSA) is 69.2 Å². The zero-order valence-electron chi connectivity index (χ0n) is 5.45. The zero-order valence-corrected chi connectivity index (χ0v) is 7.61. The third-order valence-corrected chi connectivity index (χ3v) is 2.17. The summed E-state index contributed by atoms with van der Waals surface area (Å²) in [6, 6.07) is 4.72. The molecule has 0 amide bonds. The van der Waals surface area contributed by atoms with Crippen molar-refractivity contribution in [2.24, 2.45) is 0 Å². The summed E-state index contributed by atoms with van der Waals surface area (Å²) in [5.41, 5.74) is 5.64. The highest BCUT2D eigenvalue weighted by atomic mass is 127. The fourth-order valence-electron chi connectivity index (χ4n) is 0.685. The molecule has 4 nitrogen and oxygen atoms in total. The normalized spacial score (nSPS) is 9.55. The van der Waals surface area contributed by atoms with Crippen LogP contribution in [-0.4, -0.2) is 4.92 Å². The molecule has 0 heterocycles. The van der Waals surface area contributed by atoms with E-state index in [0.717, 1.165) is 0 Å². The zero-order chi connectivity index (χ0) is 8.43. The largest absolute Gasteiger partial charge is 0.392 e. The van der Waals surface area contributed by atoms with E-state index in [0.29, 0.717) is 3.57 Å². The van der Waals surface area contributed by atoms with Gasteiger partial charge in [0.1, 0.15) is 5.69 Å². The minimum Gasteiger partial charge on any atom is -0.392 e. The van der Waals surface area contributed by atoms with Gasteiger partial charge in [0.05, 0.1) is 4.92 Å². The molecule has 1 rings (SSSR count). The molecule has 0 aliphatic rings. The monoisotopic (exact) mass is 264 g/mol. The number of nitrogens with two attached hydrogens (primary N) is 1. The van der Waals surface area contributed by atoms with Crippen molar-refractivity contribution < 1.29 is 4.92 Å². The van der Waals surface area contributed by atoms with Crippen LogP contribution in [0.4, 0.5) is 11.4 Å². The lowest BCUT2D eigenvalue weighted by atomic mass is 10.3. The Morgan fingerprint density at radius 2 is 2.18 bits per heavy atom. The van der Waals surface area contributed by atoms with Gasteiger partial charge in [-0.05, 0) is 28.7 Å². The summed E-state index contributed by atoms with van der Waals surface area (Å²) in [5, 5.41) is 10.3. The van der Waals surface area contributed by atoms with Crippen molar-refractivity contribution in [3.8, 4) is 0 Å². The fourth-order valence-corrected chi connectivity index (χ4v) is 1.17. The van der Waals surface area contributed by atoms with Gasteiger partial charge in [0.15, 0.2) is 0 Å². The molecule has 0 aliphatic carbocycles. The molecular formula is C6H5IN2O2. The summed E-state index contributed by atoms with van der Waals surface area (Å²) in [4.78, 5) is 9.81. The number of nitrogen functional groups attached to an aromatic ring is 1. The van der Waals surface area contributed by atoms with Crippen LogP contribution in [0.1, 0.15) is 0 Å². The Bertz CT molecular complexity index is 301. The second-order valence-electron chi connectivity index (χ2n) is 1.93. The Kier molecular flexibility index (Phi) is 2.28. The van der Waals surface area contributed by atoms with Crippen molar-refractivity contribution in [1.29, 1.82) is 0 Å². The smallest absolute Gasteiger partial charge is 0.293 e. The van der Waals surface area contributed by atoms with Crippen LogP contribution in [0.2, 0.25) is 0 Å². The lowest BCUT2D eigenvalue weighted by molar-refractivity contribution is -0.384. The molecule has 1 aromatic carbocycles. The van der Waals surface area contributed by atoms with E-state index in [9.17, 15) is 10.1 Å². The molecule has 0 unspecified atom stereocenters. The molecule has 1 aromatic rings. The highest BCUT2D eigenvalue weighted by molar-refractivity contribution is 14.1. The maximum atomic E-state index is 10.3. The summed E-state index contributed by atoms with van der Waals surface area (Å²) >= 11 is 1.95. The van der Waals surface area contributed by atoms with E-state index >= 15 is 0 Å². The standard InChI is InChI=1S/C6H5IN2O2/c7-4-2-1-3-5(6(4)8)9(10)11/h1-3H,8H2. The van der Waals surface area contributed by atoms with E-state index < -0.39 is 4.92 Å². The highest BCUT2D eigenvalue weighted by Crippen LogP contribution is 2.25. The van der Waals surface area contributed by atoms with E-state index in [1.165, 1.54) is 6.07 Å². The molecular weight excluding hydrogens is 259 g/mol. The van der Waals surface area contributed by atoms with Crippen molar-refractivity contribution in [2.45, 2.75) is 0 Å². The Morgan fingerprint density at radius 1 is 1.55 bits per heavy atom. The number of hydrogen-bond acceptors (Lipinski definition) is 3. The Morgan fingerprint density at radius 3 is 2.64 bits per heavy atom. The van der Waals surface area contributed by atoms with Gasteiger partial charge >= 0.3 is 0 Å². The van der Waals surface area contributed by atoms with Crippen LogP contribution >= 0.6 is 22.6 Å². The first kappa shape index (κ1) is 8.25. The molecule has 0 saturated carbocycles. The van der Waals surface area contributed by atoms with E-state index in [4.69, 9.17) is 5.73 Å². The average Bonchev–Trinajstić information content (AvgIpc) is 1.94. The number of anilines is 1. The number of para-hydroxylation sites is 1. The van der Waals surface area contributed by atoms with Crippen molar-refractivity contribution in [2.75, 3.05) is 5.73 Å². The van der Waals surface area contributed by atoms with Crippen molar-refractivity contribution in [3.63, 3.8) is 0 Å². The van der Waals surface area contributed by atoms with E-state index in [2.05, 4.69) is 0 Å². The quantitative estimate of drug-likeness (QED) is 0.364. The minimum atomic E-state index is -0.489. The van der Waals surface area contributed by atoms with Gasteiger partial charge in [-0.3, -0.25) is 10.1 Å². The van der Waals surface area contributed by atoms with Gasteiger partial charge in [-0.1, -0.05) is 6.07 Å². The van der Waals surface area contributed by atoms with Gasteiger partial charge in [0.25, 0.3) is 5.69 Å². The lowest BCUT2D eigenvalue weighted by Gasteiger charge is -1.97. The Hall–Kier alpha value is -0.850. The molecule has 0 fully saturated rings. The molecule has 0 spiro atoms. The molecule has 0 atom stereocenters.